The molecule has 1 atom stereocenters. The summed E-state index contributed by atoms with van der Waals surface area (Å²) in [5, 5.41) is 13.8. The van der Waals surface area contributed by atoms with E-state index < -0.39 is 0 Å². The molecule has 5 heteroatoms. The lowest BCUT2D eigenvalue weighted by Crippen LogP contribution is -2.18. The Bertz CT molecular complexity index is 1240. The molecule has 0 spiro atoms. The number of carbonyl (C=O) groups excluding carboxylic acids is 2. The van der Waals surface area contributed by atoms with Crippen molar-refractivity contribution in [3.8, 4) is 11.3 Å². The molecule has 5 nitrogen and oxygen atoms in total. The largest absolute Gasteiger partial charge is 0.326 e. The van der Waals surface area contributed by atoms with Crippen LogP contribution in [0.3, 0.4) is 0 Å². The molecule has 4 aromatic rings. The summed E-state index contributed by atoms with van der Waals surface area (Å²) < 4.78 is 0. The fourth-order valence-electron chi connectivity index (χ4n) is 4.19. The van der Waals surface area contributed by atoms with Gasteiger partial charge in [-0.05, 0) is 47.9 Å². The number of H-pyrrole nitrogens is 1. The third-order valence-corrected chi connectivity index (χ3v) is 5.73. The van der Waals surface area contributed by atoms with E-state index in [0.29, 0.717) is 6.42 Å². The van der Waals surface area contributed by atoms with Crippen LogP contribution in [0, 0.1) is 5.92 Å². The molecule has 29 heavy (non-hydrogen) atoms. The maximum atomic E-state index is 12.4. The highest BCUT2D eigenvalue weighted by molar-refractivity contribution is 6.00. The highest BCUT2D eigenvalue weighted by atomic mass is 16.2. The van der Waals surface area contributed by atoms with E-state index in [1.165, 1.54) is 5.39 Å². The summed E-state index contributed by atoms with van der Waals surface area (Å²) in [6.07, 6.45) is 2.58. The molecule has 5 rings (SSSR count). The minimum Gasteiger partial charge on any atom is -0.326 e. The van der Waals surface area contributed by atoms with Gasteiger partial charge in [-0.2, -0.15) is 5.10 Å². The predicted octanol–water partition coefficient (Wildman–Crippen LogP) is 5.08. The summed E-state index contributed by atoms with van der Waals surface area (Å²) in [6, 6.07) is 20.2. The van der Waals surface area contributed by atoms with E-state index >= 15 is 0 Å². The van der Waals surface area contributed by atoms with Gasteiger partial charge < -0.3 is 5.32 Å². The lowest BCUT2D eigenvalue weighted by Gasteiger charge is -2.09. The van der Waals surface area contributed by atoms with Crippen molar-refractivity contribution in [1.82, 2.24) is 10.2 Å². The van der Waals surface area contributed by atoms with E-state index in [1.54, 1.807) is 0 Å². The third-order valence-electron chi connectivity index (χ3n) is 5.73. The second-order valence-electron chi connectivity index (χ2n) is 7.70. The normalized spacial score (nSPS) is 16.6. The maximum Gasteiger partial charge on any atom is 0.225 e. The Morgan fingerprint density at radius 1 is 1.07 bits per heavy atom. The molecule has 1 unspecified atom stereocenters. The zero-order valence-electron chi connectivity index (χ0n) is 15.9. The van der Waals surface area contributed by atoms with Gasteiger partial charge in [-0.25, -0.2) is 0 Å². The third kappa shape index (κ3) is 3.40. The summed E-state index contributed by atoms with van der Waals surface area (Å²) in [7, 11) is 0. The number of aromatic nitrogens is 2. The van der Waals surface area contributed by atoms with Crippen molar-refractivity contribution in [2.45, 2.75) is 25.7 Å². The summed E-state index contributed by atoms with van der Waals surface area (Å²) in [4.78, 5) is 24.2. The van der Waals surface area contributed by atoms with Gasteiger partial charge in [0.25, 0.3) is 0 Å². The van der Waals surface area contributed by atoms with Crippen molar-refractivity contribution >= 4 is 39.1 Å². The van der Waals surface area contributed by atoms with Crippen LogP contribution in [-0.2, 0) is 9.59 Å². The van der Waals surface area contributed by atoms with Crippen molar-refractivity contribution < 1.29 is 9.59 Å². The van der Waals surface area contributed by atoms with Crippen molar-refractivity contribution in [3.05, 3.63) is 60.7 Å². The van der Waals surface area contributed by atoms with Crippen LogP contribution in [0.5, 0.6) is 0 Å². The Morgan fingerprint density at radius 3 is 2.76 bits per heavy atom. The van der Waals surface area contributed by atoms with Gasteiger partial charge in [0, 0.05) is 35.4 Å². The second-order valence-corrected chi connectivity index (χ2v) is 7.70. The van der Waals surface area contributed by atoms with Crippen LogP contribution < -0.4 is 5.32 Å². The number of Topliss-reactive ketones (excluding diaryl/α,β-unsaturated/α-hetero) is 1. The smallest absolute Gasteiger partial charge is 0.225 e. The zero-order chi connectivity index (χ0) is 19.8. The molecule has 1 amide bonds. The molecule has 144 valence electrons. The molecule has 3 aromatic carbocycles. The number of hydrogen-bond donors (Lipinski definition) is 2. The molecule has 2 N–H and O–H groups in total. The van der Waals surface area contributed by atoms with Gasteiger partial charge in [-0.15, -0.1) is 0 Å². The summed E-state index contributed by atoms with van der Waals surface area (Å²) >= 11 is 0. The van der Waals surface area contributed by atoms with E-state index in [0.717, 1.165) is 46.1 Å². The molecule has 0 aliphatic heterocycles. The molecule has 1 aromatic heterocycles. The van der Waals surface area contributed by atoms with E-state index in [1.807, 2.05) is 30.3 Å². The second kappa shape index (κ2) is 7.17. The minimum absolute atomic E-state index is 0.111. The topological polar surface area (TPSA) is 74.8 Å². The van der Waals surface area contributed by atoms with E-state index in [-0.39, 0.29) is 24.0 Å². The van der Waals surface area contributed by atoms with Crippen molar-refractivity contribution in [2.75, 3.05) is 5.32 Å². The molecule has 0 radical (unpaired) electrons. The molecular formula is C24H21N3O2. The number of carbonyl (C=O) groups is 2. The molecule has 0 saturated heterocycles. The average molecular weight is 383 g/mol. The van der Waals surface area contributed by atoms with Gasteiger partial charge in [0.05, 0.1) is 11.2 Å². The van der Waals surface area contributed by atoms with Gasteiger partial charge in [0.2, 0.25) is 5.91 Å². The Morgan fingerprint density at radius 2 is 1.93 bits per heavy atom. The predicted molar refractivity (Wildman–Crippen MR) is 115 cm³/mol. The number of amides is 1. The summed E-state index contributed by atoms with van der Waals surface area (Å²) in [5.74, 6) is -0.0230. The number of hydrogen-bond acceptors (Lipinski definition) is 3. The number of nitrogens with zero attached hydrogens (tertiary/aromatic N) is 1. The average Bonchev–Trinajstić information content (AvgIpc) is 3.33. The first-order valence-electron chi connectivity index (χ1n) is 9.97. The number of nitrogens with one attached hydrogen (secondary N) is 2. The number of aromatic amines is 1. The summed E-state index contributed by atoms with van der Waals surface area (Å²) in [6.45, 7) is 0. The van der Waals surface area contributed by atoms with Crippen LogP contribution in [0.4, 0.5) is 5.69 Å². The fourth-order valence-corrected chi connectivity index (χ4v) is 4.19. The van der Waals surface area contributed by atoms with Gasteiger partial charge in [-0.3, -0.25) is 14.7 Å². The van der Waals surface area contributed by atoms with E-state index in [2.05, 4.69) is 45.8 Å². The molecular weight excluding hydrogens is 362 g/mol. The Hall–Kier alpha value is -3.47. The Labute approximate surface area is 168 Å². The van der Waals surface area contributed by atoms with Crippen LogP contribution in [0.1, 0.15) is 25.7 Å². The number of ketones is 1. The number of rotatable bonds is 4. The lowest BCUT2D eigenvalue weighted by atomic mass is 10.0. The molecule has 1 aliphatic rings. The zero-order valence-corrected chi connectivity index (χ0v) is 15.9. The monoisotopic (exact) mass is 383 g/mol. The molecule has 1 saturated carbocycles. The number of fused-ring (bicyclic) bond motifs is 2. The Balaban J connectivity index is 1.43. The molecule has 1 aliphatic carbocycles. The maximum absolute atomic E-state index is 12.4. The first kappa shape index (κ1) is 17.6. The number of anilines is 1. The van der Waals surface area contributed by atoms with E-state index in [9.17, 15) is 9.59 Å². The van der Waals surface area contributed by atoms with E-state index in [4.69, 9.17) is 0 Å². The van der Waals surface area contributed by atoms with Crippen LogP contribution in [0.25, 0.3) is 32.9 Å². The number of benzene rings is 3. The van der Waals surface area contributed by atoms with Gasteiger partial charge in [0.1, 0.15) is 5.78 Å². The quantitative estimate of drug-likeness (QED) is 0.516. The first-order chi connectivity index (χ1) is 14.2. The van der Waals surface area contributed by atoms with Gasteiger partial charge >= 0.3 is 0 Å². The van der Waals surface area contributed by atoms with Crippen molar-refractivity contribution in [3.63, 3.8) is 0 Å². The van der Waals surface area contributed by atoms with Crippen molar-refractivity contribution in [2.24, 2.45) is 5.92 Å². The SMILES string of the molecule is O=C(CC1CCCC1=O)Nc1ccc2[nH]nc(-c3ccc4ccccc4c3)c2c1. The Kier molecular flexibility index (Phi) is 4.35. The summed E-state index contributed by atoms with van der Waals surface area (Å²) in [5.41, 5.74) is 3.51. The van der Waals surface area contributed by atoms with Gasteiger partial charge in [0.15, 0.2) is 0 Å². The van der Waals surface area contributed by atoms with Crippen LogP contribution >= 0.6 is 0 Å². The molecule has 1 heterocycles. The highest BCUT2D eigenvalue weighted by Gasteiger charge is 2.26. The van der Waals surface area contributed by atoms with Crippen LogP contribution in [0.2, 0.25) is 0 Å². The molecule has 0 bridgehead atoms. The standard InChI is InChI=1S/C24H21N3O2/c28-22-7-3-6-17(22)13-23(29)25-19-10-11-21-20(14-19)24(27-26-21)18-9-8-15-4-1-2-5-16(15)12-18/h1-2,4-5,8-12,14,17H,3,6-7,13H2,(H,25,29)(H,26,27). The first-order valence-corrected chi connectivity index (χ1v) is 9.97. The minimum atomic E-state index is -0.124. The fraction of sp³-hybridized carbons (Fsp3) is 0.208. The lowest BCUT2D eigenvalue weighted by molar-refractivity contribution is -0.125. The van der Waals surface area contributed by atoms with Crippen LogP contribution in [0.15, 0.2) is 60.7 Å². The highest BCUT2D eigenvalue weighted by Crippen LogP contribution is 2.31. The van der Waals surface area contributed by atoms with Crippen molar-refractivity contribution in [1.29, 1.82) is 0 Å². The van der Waals surface area contributed by atoms with Crippen LogP contribution in [-0.4, -0.2) is 21.9 Å². The molecule has 1 fully saturated rings. The van der Waals surface area contributed by atoms with Gasteiger partial charge in [-0.1, -0.05) is 36.4 Å².